The minimum absolute atomic E-state index is 0.0188. The van der Waals surface area contributed by atoms with E-state index in [4.69, 9.17) is 4.74 Å². The van der Waals surface area contributed by atoms with Gasteiger partial charge in [0.25, 0.3) is 11.8 Å². The Morgan fingerprint density at radius 2 is 1.56 bits per heavy atom. The molecule has 8 nitrogen and oxygen atoms in total. The molecule has 0 radical (unpaired) electrons. The number of hydrazine groups is 1. The zero-order valence-electron chi connectivity index (χ0n) is 15.4. The normalized spacial score (nSPS) is 11.1. The first kappa shape index (κ1) is 20.4. The van der Waals surface area contributed by atoms with E-state index in [0.29, 0.717) is 11.3 Å². The van der Waals surface area contributed by atoms with Crippen LogP contribution < -0.4 is 15.6 Å². The molecule has 0 heterocycles. The summed E-state index contributed by atoms with van der Waals surface area (Å²) in [7, 11) is 0.636. The molecule has 0 saturated carbocycles. The van der Waals surface area contributed by atoms with Crippen molar-refractivity contribution in [2.45, 2.75) is 11.8 Å². The Balaban J connectivity index is 2.11. The molecule has 9 heteroatoms. The summed E-state index contributed by atoms with van der Waals surface area (Å²) in [6, 6.07) is 10.4. The maximum Gasteiger partial charge on any atom is 0.269 e. The SMILES string of the molecule is COc1cc(C(=O)NNC(=O)c2cccc(S(=O)(=O)N(C)C)c2)ccc1C. The fraction of sp³-hybridized carbons (Fsp3) is 0.222. The first-order chi connectivity index (χ1) is 12.7. The Morgan fingerprint density at radius 3 is 2.11 bits per heavy atom. The molecule has 0 spiro atoms. The van der Waals surface area contributed by atoms with Gasteiger partial charge in [0.2, 0.25) is 10.0 Å². The van der Waals surface area contributed by atoms with Crippen molar-refractivity contribution >= 4 is 21.8 Å². The molecule has 2 amide bonds. The van der Waals surface area contributed by atoms with Crippen LogP contribution in [0.2, 0.25) is 0 Å². The fourth-order valence-corrected chi connectivity index (χ4v) is 3.18. The summed E-state index contributed by atoms with van der Waals surface area (Å²) in [5.74, 6) is -0.618. The lowest BCUT2D eigenvalue weighted by Gasteiger charge is -2.13. The van der Waals surface area contributed by atoms with Crippen molar-refractivity contribution in [3.05, 3.63) is 59.2 Å². The van der Waals surface area contributed by atoms with Gasteiger partial charge >= 0.3 is 0 Å². The van der Waals surface area contributed by atoms with Crippen molar-refractivity contribution in [3.63, 3.8) is 0 Å². The molecule has 0 aromatic heterocycles. The number of rotatable bonds is 5. The minimum atomic E-state index is -3.67. The lowest BCUT2D eigenvalue weighted by atomic mass is 10.1. The van der Waals surface area contributed by atoms with Crippen LogP contribution in [0.15, 0.2) is 47.4 Å². The van der Waals surface area contributed by atoms with Crippen molar-refractivity contribution in [1.29, 1.82) is 0 Å². The van der Waals surface area contributed by atoms with Crippen LogP contribution in [0, 0.1) is 6.92 Å². The summed E-state index contributed by atoms with van der Waals surface area (Å²) in [5.41, 5.74) is 5.84. The molecule has 0 bridgehead atoms. The van der Waals surface area contributed by atoms with Crippen molar-refractivity contribution in [3.8, 4) is 5.75 Å². The van der Waals surface area contributed by atoms with Crippen LogP contribution in [0.3, 0.4) is 0 Å². The Labute approximate surface area is 158 Å². The van der Waals surface area contributed by atoms with Gasteiger partial charge in [-0.25, -0.2) is 12.7 Å². The van der Waals surface area contributed by atoms with Gasteiger partial charge in [0.15, 0.2) is 0 Å². The summed E-state index contributed by atoms with van der Waals surface area (Å²) in [6.07, 6.45) is 0. The van der Waals surface area contributed by atoms with Crippen LogP contribution >= 0.6 is 0 Å². The number of nitrogens with zero attached hydrogens (tertiary/aromatic N) is 1. The molecule has 0 aliphatic heterocycles. The lowest BCUT2D eigenvalue weighted by Crippen LogP contribution is -2.41. The van der Waals surface area contributed by atoms with Crippen molar-refractivity contribution in [1.82, 2.24) is 15.2 Å². The Hall–Kier alpha value is -2.91. The molecule has 27 heavy (non-hydrogen) atoms. The monoisotopic (exact) mass is 391 g/mol. The van der Waals surface area contributed by atoms with Gasteiger partial charge < -0.3 is 4.74 Å². The Bertz CT molecular complexity index is 971. The van der Waals surface area contributed by atoms with Crippen LogP contribution in [-0.2, 0) is 10.0 Å². The van der Waals surface area contributed by atoms with E-state index in [1.165, 1.54) is 45.5 Å². The molecule has 0 fully saturated rings. The summed E-state index contributed by atoms with van der Waals surface area (Å²) in [6.45, 7) is 1.84. The highest BCUT2D eigenvalue weighted by atomic mass is 32.2. The van der Waals surface area contributed by atoms with E-state index in [1.54, 1.807) is 18.2 Å². The van der Waals surface area contributed by atoms with Gasteiger partial charge in [-0.3, -0.25) is 20.4 Å². The maximum atomic E-state index is 12.2. The summed E-state index contributed by atoms with van der Waals surface area (Å²) >= 11 is 0. The highest BCUT2D eigenvalue weighted by molar-refractivity contribution is 7.89. The number of benzene rings is 2. The van der Waals surface area contributed by atoms with Crippen molar-refractivity contribution in [2.24, 2.45) is 0 Å². The largest absolute Gasteiger partial charge is 0.496 e. The van der Waals surface area contributed by atoms with E-state index in [1.807, 2.05) is 6.92 Å². The second-order valence-corrected chi connectivity index (χ2v) is 8.06. The van der Waals surface area contributed by atoms with E-state index < -0.39 is 21.8 Å². The van der Waals surface area contributed by atoms with Gasteiger partial charge in [-0.1, -0.05) is 12.1 Å². The number of hydrogen-bond donors (Lipinski definition) is 2. The predicted molar refractivity (Wildman–Crippen MR) is 100.0 cm³/mol. The predicted octanol–water partition coefficient (Wildman–Crippen LogP) is 1.33. The smallest absolute Gasteiger partial charge is 0.269 e. The van der Waals surface area contributed by atoms with Crippen LogP contribution in [0.1, 0.15) is 26.3 Å². The number of sulfonamides is 1. The van der Waals surface area contributed by atoms with Crippen molar-refractivity contribution < 1.29 is 22.7 Å². The lowest BCUT2D eigenvalue weighted by molar-refractivity contribution is 0.0846. The number of carbonyl (C=O) groups excluding carboxylic acids is 2. The number of hydrogen-bond acceptors (Lipinski definition) is 5. The average Bonchev–Trinajstić information content (AvgIpc) is 2.66. The zero-order chi connectivity index (χ0) is 20.2. The quantitative estimate of drug-likeness (QED) is 0.748. The molecule has 0 aliphatic carbocycles. The van der Waals surface area contributed by atoms with Gasteiger partial charge in [0.1, 0.15) is 5.75 Å². The van der Waals surface area contributed by atoms with Crippen LogP contribution in [0.25, 0.3) is 0 Å². The number of ether oxygens (including phenoxy) is 1. The molecule has 0 unspecified atom stereocenters. The second-order valence-electron chi connectivity index (χ2n) is 5.91. The van der Waals surface area contributed by atoms with Crippen LogP contribution in [-0.4, -0.2) is 45.7 Å². The zero-order valence-corrected chi connectivity index (χ0v) is 16.3. The molecule has 2 aromatic carbocycles. The van der Waals surface area contributed by atoms with Gasteiger partial charge in [0.05, 0.1) is 12.0 Å². The third-order valence-electron chi connectivity index (χ3n) is 3.83. The third kappa shape index (κ3) is 4.63. The number of amides is 2. The minimum Gasteiger partial charge on any atom is -0.496 e. The molecule has 144 valence electrons. The second kappa shape index (κ2) is 8.19. The third-order valence-corrected chi connectivity index (χ3v) is 5.65. The maximum absolute atomic E-state index is 12.2. The van der Waals surface area contributed by atoms with E-state index in [9.17, 15) is 18.0 Å². The van der Waals surface area contributed by atoms with Gasteiger partial charge in [0, 0.05) is 25.2 Å². The molecule has 2 rings (SSSR count). The van der Waals surface area contributed by atoms with E-state index in [2.05, 4.69) is 10.9 Å². The Morgan fingerprint density at radius 1 is 0.963 bits per heavy atom. The van der Waals surface area contributed by atoms with E-state index in [0.717, 1.165) is 9.87 Å². The molecule has 0 aliphatic rings. The average molecular weight is 391 g/mol. The summed E-state index contributed by atoms with van der Waals surface area (Å²) < 4.78 is 30.5. The highest BCUT2D eigenvalue weighted by Crippen LogP contribution is 2.19. The summed E-state index contributed by atoms with van der Waals surface area (Å²) in [5, 5.41) is 0. The topological polar surface area (TPSA) is 105 Å². The van der Waals surface area contributed by atoms with Crippen LogP contribution in [0.5, 0.6) is 5.75 Å². The number of methoxy groups -OCH3 is 1. The summed E-state index contributed by atoms with van der Waals surface area (Å²) in [4.78, 5) is 24.4. The van der Waals surface area contributed by atoms with Gasteiger partial charge in [-0.05, 0) is 42.8 Å². The number of carbonyl (C=O) groups is 2. The molecule has 0 atom stereocenters. The molecule has 2 aromatic rings. The number of aryl methyl sites for hydroxylation is 1. The Kier molecular flexibility index (Phi) is 6.19. The first-order valence-electron chi connectivity index (χ1n) is 7.94. The van der Waals surface area contributed by atoms with Crippen molar-refractivity contribution in [2.75, 3.05) is 21.2 Å². The molecular weight excluding hydrogens is 370 g/mol. The molecule has 0 saturated heterocycles. The molecule has 2 N–H and O–H groups in total. The van der Waals surface area contributed by atoms with Crippen LogP contribution in [0.4, 0.5) is 0 Å². The standard InChI is InChI=1S/C18H21N3O5S/c1-12-8-9-14(11-16(12)26-4)18(23)20-19-17(22)13-6-5-7-15(10-13)27(24,25)21(2)3/h5-11H,1-4H3,(H,19,22)(H,20,23). The highest BCUT2D eigenvalue weighted by Gasteiger charge is 2.19. The van der Waals surface area contributed by atoms with E-state index >= 15 is 0 Å². The molecular formula is C18H21N3O5S. The first-order valence-corrected chi connectivity index (χ1v) is 9.38. The fourth-order valence-electron chi connectivity index (χ4n) is 2.23. The van der Waals surface area contributed by atoms with Gasteiger partial charge in [-0.2, -0.15) is 0 Å². The van der Waals surface area contributed by atoms with E-state index in [-0.39, 0.29) is 10.5 Å². The van der Waals surface area contributed by atoms with Gasteiger partial charge in [-0.15, -0.1) is 0 Å². The number of nitrogens with one attached hydrogen (secondary N) is 2.